The van der Waals surface area contributed by atoms with E-state index in [-0.39, 0.29) is 22.8 Å². The van der Waals surface area contributed by atoms with Gasteiger partial charge in [0.15, 0.2) is 0 Å². The van der Waals surface area contributed by atoms with Gasteiger partial charge in [-0.25, -0.2) is 13.1 Å². The number of benzene rings is 2. The number of sulfonamides is 1. The number of nitrogens with one attached hydrogen (secondary N) is 2. The Morgan fingerprint density at radius 2 is 1.64 bits per heavy atom. The van der Waals surface area contributed by atoms with Crippen LogP contribution in [0.1, 0.15) is 27.0 Å². The number of carbonyl (C=O) groups excluding carboxylic acids is 2. The van der Waals surface area contributed by atoms with E-state index in [4.69, 9.17) is 0 Å². The van der Waals surface area contributed by atoms with Crippen LogP contribution in [0.2, 0.25) is 0 Å². The van der Waals surface area contributed by atoms with Crippen molar-refractivity contribution in [1.29, 1.82) is 0 Å². The molecule has 0 bridgehead atoms. The molecule has 2 rings (SSSR count). The summed E-state index contributed by atoms with van der Waals surface area (Å²) in [6.45, 7) is 3.46. The van der Waals surface area contributed by atoms with Crippen molar-refractivity contribution in [2.75, 3.05) is 26.5 Å². The molecule has 0 radical (unpaired) electrons. The fourth-order valence-electron chi connectivity index (χ4n) is 2.59. The second kappa shape index (κ2) is 8.53. The van der Waals surface area contributed by atoms with E-state index in [1.807, 2.05) is 0 Å². The zero-order chi connectivity index (χ0) is 21.1. The molecule has 2 aromatic carbocycles. The molecule has 0 saturated carbocycles. The maximum Gasteiger partial charge on any atom is 0.255 e. The lowest BCUT2D eigenvalue weighted by molar-refractivity contribution is -0.127. The van der Waals surface area contributed by atoms with E-state index < -0.39 is 15.9 Å². The first-order chi connectivity index (χ1) is 13.0. The third kappa shape index (κ3) is 4.96. The highest BCUT2D eigenvalue weighted by Crippen LogP contribution is 2.22. The van der Waals surface area contributed by atoms with Gasteiger partial charge in [0.05, 0.1) is 11.3 Å². The highest BCUT2D eigenvalue weighted by atomic mass is 32.2. The SMILES string of the molecule is CNS(=O)(=O)c1cc(C(=O)Nc2ccc(CC(=O)N(C)C)cc2)cc(C)c1C. The molecule has 0 fully saturated rings. The highest BCUT2D eigenvalue weighted by Gasteiger charge is 2.19. The van der Waals surface area contributed by atoms with Gasteiger partial charge in [-0.2, -0.15) is 0 Å². The fourth-order valence-corrected chi connectivity index (χ4v) is 3.66. The monoisotopic (exact) mass is 403 g/mol. The summed E-state index contributed by atoms with van der Waals surface area (Å²) in [4.78, 5) is 26.0. The van der Waals surface area contributed by atoms with Crippen molar-refractivity contribution in [2.45, 2.75) is 25.2 Å². The lowest BCUT2D eigenvalue weighted by Crippen LogP contribution is -2.23. The topological polar surface area (TPSA) is 95.6 Å². The van der Waals surface area contributed by atoms with Crippen molar-refractivity contribution < 1.29 is 18.0 Å². The quantitative estimate of drug-likeness (QED) is 0.772. The average molecular weight is 404 g/mol. The van der Waals surface area contributed by atoms with Gasteiger partial charge in [0, 0.05) is 25.3 Å². The van der Waals surface area contributed by atoms with Crippen LogP contribution in [0, 0.1) is 13.8 Å². The molecule has 0 atom stereocenters. The average Bonchev–Trinajstić information content (AvgIpc) is 2.64. The number of carbonyl (C=O) groups is 2. The summed E-state index contributed by atoms with van der Waals surface area (Å²) in [7, 11) is 1.06. The first kappa shape index (κ1) is 21.6. The predicted octanol–water partition coefficient (Wildman–Crippen LogP) is 2.09. The molecule has 2 aromatic rings. The summed E-state index contributed by atoms with van der Waals surface area (Å²) in [5.74, 6) is -0.419. The number of hydrogen-bond donors (Lipinski definition) is 2. The van der Waals surface area contributed by atoms with Crippen molar-refractivity contribution in [3.8, 4) is 0 Å². The summed E-state index contributed by atoms with van der Waals surface area (Å²) >= 11 is 0. The van der Waals surface area contributed by atoms with Crippen molar-refractivity contribution in [2.24, 2.45) is 0 Å². The Hall–Kier alpha value is -2.71. The molecule has 0 unspecified atom stereocenters. The van der Waals surface area contributed by atoms with Crippen molar-refractivity contribution in [1.82, 2.24) is 9.62 Å². The number of hydrogen-bond acceptors (Lipinski definition) is 4. The lowest BCUT2D eigenvalue weighted by Gasteiger charge is -2.13. The van der Waals surface area contributed by atoms with Gasteiger partial charge in [-0.15, -0.1) is 0 Å². The molecular formula is C20H25N3O4S. The fraction of sp³-hybridized carbons (Fsp3) is 0.300. The molecule has 2 N–H and O–H groups in total. The van der Waals surface area contributed by atoms with Crippen LogP contribution in [0.5, 0.6) is 0 Å². The van der Waals surface area contributed by atoms with E-state index in [0.717, 1.165) is 5.56 Å². The Balaban J connectivity index is 2.22. The minimum atomic E-state index is -3.67. The maximum absolute atomic E-state index is 12.6. The van der Waals surface area contributed by atoms with Crippen molar-refractivity contribution >= 4 is 27.5 Å². The van der Waals surface area contributed by atoms with Crippen LogP contribution in [0.25, 0.3) is 0 Å². The molecule has 0 spiro atoms. The third-order valence-electron chi connectivity index (χ3n) is 4.51. The number of aryl methyl sites for hydroxylation is 1. The molecule has 0 heterocycles. The van der Waals surface area contributed by atoms with Crippen LogP contribution >= 0.6 is 0 Å². The second-order valence-electron chi connectivity index (χ2n) is 6.74. The molecule has 7 nitrogen and oxygen atoms in total. The number of nitrogens with zero attached hydrogens (tertiary/aromatic N) is 1. The number of amides is 2. The minimum absolute atomic E-state index is 0.00908. The van der Waals surface area contributed by atoms with Crippen LogP contribution < -0.4 is 10.0 Å². The van der Waals surface area contributed by atoms with Gasteiger partial charge in [0.2, 0.25) is 15.9 Å². The van der Waals surface area contributed by atoms with Gasteiger partial charge >= 0.3 is 0 Å². The predicted molar refractivity (Wildman–Crippen MR) is 109 cm³/mol. The van der Waals surface area contributed by atoms with E-state index in [0.29, 0.717) is 16.8 Å². The highest BCUT2D eigenvalue weighted by molar-refractivity contribution is 7.89. The molecule has 0 aliphatic carbocycles. The lowest BCUT2D eigenvalue weighted by atomic mass is 10.1. The molecule has 0 aromatic heterocycles. The van der Waals surface area contributed by atoms with Gasteiger partial charge in [-0.3, -0.25) is 9.59 Å². The van der Waals surface area contributed by atoms with Crippen molar-refractivity contribution in [3.05, 3.63) is 58.7 Å². The molecule has 0 aliphatic rings. The van der Waals surface area contributed by atoms with Crippen LogP contribution in [-0.2, 0) is 21.2 Å². The molecule has 2 amide bonds. The minimum Gasteiger partial charge on any atom is -0.349 e. The number of rotatable bonds is 6. The van der Waals surface area contributed by atoms with Gasteiger partial charge < -0.3 is 10.2 Å². The molecule has 28 heavy (non-hydrogen) atoms. The smallest absolute Gasteiger partial charge is 0.255 e. The molecule has 150 valence electrons. The molecule has 0 aliphatic heterocycles. The standard InChI is InChI=1S/C20H25N3O4S/c1-13-10-16(12-18(14(13)2)28(26,27)21-3)20(25)22-17-8-6-15(7-9-17)11-19(24)23(4)5/h6-10,12,21H,11H2,1-5H3,(H,22,25). The van der Waals surface area contributed by atoms with E-state index in [1.165, 1.54) is 18.0 Å². The number of likely N-dealkylation sites (N-methyl/N-ethyl adjacent to an activating group) is 1. The van der Waals surface area contributed by atoms with Crippen molar-refractivity contribution in [3.63, 3.8) is 0 Å². The van der Waals surface area contributed by atoms with E-state index in [9.17, 15) is 18.0 Å². The second-order valence-corrected chi connectivity index (χ2v) is 8.59. The molecular weight excluding hydrogens is 378 g/mol. The summed E-state index contributed by atoms with van der Waals surface area (Å²) in [6.07, 6.45) is 0.281. The van der Waals surface area contributed by atoms with Crippen LogP contribution in [-0.4, -0.2) is 46.3 Å². The Morgan fingerprint density at radius 3 is 2.18 bits per heavy atom. The van der Waals surface area contributed by atoms with Gasteiger partial charge in [-0.1, -0.05) is 12.1 Å². The molecule has 8 heteroatoms. The zero-order valence-electron chi connectivity index (χ0n) is 16.7. The number of anilines is 1. The largest absolute Gasteiger partial charge is 0.349 e. The van der Waals surface area contributed by atoms with Gasteiger partial charge in [0.25, 0.3) is 5.91 Å². The third-order valence-corrected chi connectivity index (χ3v) is 6.05. The van der Waals surface area contributed by atoms with E-state index >= 15 is 0 Å². The van der Waals surface area contributed by atoms with E-state index in [1.54, 1.807) is 58.3 Å². The van der Waals surface area contributed by atoms with Crippen LogP contribution in [0.3, 0.4) is 0 Å². The summed E-state index contributed by atoms with van der Waals surface area (Å²) < 4.78 is 26.7. The Kier molecular flexibility index (Phi) is 6.58. The zero-order valence-corrected chi connectivity index (χ0v) is 17.5. The Morgan fingerprint density at radius 1 is 1.04 bits per heavy atom. The van der Waals surface area contributed by atoms with Gasteiger partial charge in [-0.05, 0) is 61.9 Å². The first-order valence-electron chi connectivity index (χ1n) is 8.70. The Labute approximate surface area is 165 Å². The van der Waals surface area contributed by atoms with Crippen LogP contribution in [0.15, 0.2) is 41.3 Å². The summed E-state index contributed by atoms with van der Waals surface area (Å²) in [5, 5.41) is 2.76. The van der Waals surface area contributed by atoms with Gasteiger partial charge in [0.1, 0.15) is 0 Å². The summed E-state index contributed by atoms with van der Waals surface area (Å²) in [6, 6.07) is 9.99. The first-order valence-corrected chi connectivity index (χ1v) is 10.2. The normalized spacial score (nSPS) is 11.2. The van der Waals surface area contributed by atoms with E-state index in [2.05, 4.69) is 10.0 Å². The molecule has 0 saturated heterocycles. The van der Waals surface area contributed by atoms with Crippen LogP contribution in [0.4, 0.5) is 5.69 Å². The Bertz CT molecular complexity index is 997. The summed E-state index contributed by atoms with van der Waals surface area (Å²) in [5.41, 5.74) is 2.95. The maximum atomic E-state index is 12.6.